The van der Waals surface area contributed by atoms with Crippen molar-refractivity contribution in [2.24, 2.45) is 5.41 Å². The Hall–Kier alpha value is -1.59. The number of aliphatic hydroxyl groups is 1. The van der Waals surface area contributed by atoms with Crippen LogP contribution >= 0.6 is 11.6 Å². The van der Waals surface area contributed by atoms with Gasteiger partial charge in [-0.25, -0.2) is 9.67 Å². The van der Waals surface area contributed by atoms with Crippen LogP contribution in [0.2, 0.25) is 5.02 Å². The number of aliphatic hydroxyl groups excluding tert-OH is 1. The highest BCUT2D eigenvalue weighted by atomic mass is 35.5. The van der Waals surface area contributed by atoms with Crippen molar-refractivity contribution in [2.75, 3.05) is 18.5 Å². The Morgan fingerprint density at radius 1 is 1.42 bits per heavy atom. The van der Waals surface area contributed by atoms with Gasteiger partial charge in [0.1, 0.15) is 18.3 Å². The lowest BCUT2D eigenvalue weighted by Crippen LogP contribution is -2.27. The Balaban J connectivity index is 2.29. The number of nitrogens with one attached hydrogen (secondary N) is 1. The molecular weight excluding hydrogens is 264 g/mol. The van der Waals surface area contributed by atoms with Gasteiger partial charge < -0.3 is 10.4 Å². The normalized spacial score (nSPS) is 11.6. The third-order valence-corrected chi connectivity index (χ3v) is 3.13. The van der Waals surface area contributed by atoms with E-state index < -0.39 is 0 Å². The van der Waals surface area contributed by atoms with E-state index in [9.17, 15) is 5.11 Å². The monoisotopic (exact) mass is 280 g/mol. The lowest BCUT2D eigenvalue weighted by Gasteiger charge is -2.23. The molecule has 2 rings (SSSR count). The number of benzene rings is 1. The van der Waals surface area contributed by atoms with Crippen molar-refractivity contribution < 1.29 is 5.11 Å². The number of hydrogen-bond acceptors (Lipinski definition) is 4. The molecule has 0 saturated heterocycles. The largest absolute Gasteiger partial charge is 0.396 e. The van der Waals surface area contributed by atoms with Crippen molar-refractivity contribution in [1.29, 1.82) is 0 Å². The number of hydrogen-bond donors (Lipinski definition) is 2. The molecule has 0 saturated carbocycles. The Kier molecular flexibility index (Phi) is 4.07. The third kappa shape index (κ3) is 3.24. The highest BCUT2D eigenvalue weighted by Crippen LogP contribution is 2.28. The molecule has 0 atom stereocenters. The van der Waals surface area contributed by atoms with Crippen LogP contribution in [0.3, 0.4) is 0 Å². The summed E-state index contributed by atoms with van der Waals surface area (Å²) in [6, 6.07) is 5.61. The van der Waals surface area contributed by atoms with Crippen LogP contribution in [0.15, 0.2) is 30.9 Å². The molecule has 1 aromatic carbocycles. The first-order chi connectivity index (χ1) is 9.03. The van der Waals surface area contributed by atoms with Gasteiger partial charge in [0.05, 0.1) is 10.7 Å². The van der Waals surface area contributed by atoms with Gasteiger partial charge in [0.2, 0.25) is 0 Å². The summed E-state index contributed by atoms with van der Waals surface area (Å²) in [6.07, 6.45) is 3.06. The van der Waals surface area contributed by atoms with Crippen LogP contribution in [0.1, 0.15) is 13.8 Å². The van der Waals surface area contributed by atoms with Crippen molar-refractivity contribution in [1.82, 2.24) is 14.8 Å². The maximum atomic E-state index is 9.29. The first kappa shape index (κ1) is 13.8. The highest BCUT2D eigenvalue weighted by Gasteiger charge is 2.17. The quantitative estimate of drug-likeness (QED) is 0.882. The Morgan fingerprint density at radius 2 is 2.21 bits per heavy atom. The summed E-state index contributed by atoms with van der Waals surface area (Å²) in [5.41, 5.74) is 1.41. The molecule has 0 unspecified atom stereocenters. The van der Waals surface area contributed by atoms with E-state index in [0.29, 0.717) is 11.6 Å². The first-order valence-electron chi connectivity index (χ1n) is 6.02. The number of anilines is 1. The molecule has 1 aromatic heterocycles. The summed E-state index contributed by atoms with van der Waals surface area (Å²) in [7, 11) is 0. The summed E-state index contributed by atoms with van der Waals surface area (Å²) in [5.74, 6) is 0. The molecule has 0 fully saturated rings. The molecule has 0 spiro atoms. The number of nitrogens with zero attached hydrogens (tertiary/aromatic N) is 3. The van der Waals surface area contributed by atoms with Gasteiger partial charge in [0.25, 0.3) is 0 Å². The molecule has 102 valence electrons. The van der Waals surface area contributed by atoms with Gasteiger partial charge >= 0.3 is 0 Å². The predicted molar refractivity (Wildman–Crippen MR) is 75.7 cm³/mol. The fraction of sp³-hybridized carbons (Fsp3) is 0.385. The zero-order valence-electron chi connectivity index (χ0n) is 11.0. The minimum Gasteiger partial charge on any atom is -0.396 e. The van der Waals surface area contributed by atoms with Gasteiger partial charge in [0.15, 0.2) is 0 Å². The van der Waals surface area contributed by atoms with Crippen molar-refractivity contribution in [3.63, 3.8) is 0 Å². The zero-order chi connectivity index (χ0) is 13.9. The lowest BCUT2D eigenvalue weighted by atomic mass is 9.95. The Labute approximate surface area is 117 Å². The van der Waals surface area contributed by atoms with Crippen LogP contribution in [0.5, 0.6) is 0 Å². The van der Waals surface area contributed by atoms with Crippen molar-refractivity contribution in [3.05, 3.63) is 35.9 Å². The van der Waals surface area contributed by atoms with E-state index in [1.807, 2.05) is 26.0 Å². The fourth-order valence-electron chi connectivity index (χ4n) is 1.60. The smallest absolute Gasteiger partial charge is 0.138 e. The SMILES string of the molecule is CC(C)(CO)CNc1cccc(Cl)c1-n1cncn1. The summed E-state index contributed by atoms with van der Waals surface area (Å²) in [6.45, 7) is 4.71. The molecule has 0 aliphatic rings. The molecule has 5 nitrogen and oxygen atoms in total. The molecule has 0 bridgehead atoms. The second-order valence-corrected chi connectivity index (χ2v) is 5.56. The van der Waals surface area contributed by atoms with Crippen molar-refractivity contribution in [3.8, 4) is 5.69 Å². The van der Waals surface area contributed by atoms with Crippen LogP contribution in [0.4, 0.5) is 5.69 Å². The van der Waals surface area contributed by atoms with Gasteiger partial charge in [-0.15, -0.1) is 0 Å². The van der Waals surface area contributed by atoms with E-state index in [4.69, 9.17) is 11.6 Å². The molecule has 0 aliphatic heterocycles. The molecule has 0 amide bonds. The number of para-hydroxylation sites is 1. The van der Waals surface area contributed by atoms with Gasteiger partial charge in [0, 0.05) is 18.6 Å². The zero-order valence-corrected chi connectivity index (χ0v) is 11.7. The number of halogens is 1. The standard InChI is InChI=1S/C13H17ClN4O/c1-13(2,7-19)6-16-11-5-3-4-10(14)12(11)18-9-15-8-17-18/h3-5,8-9,16,19H,6-7H2,1-2H3. The highest BCUT2D eigenvalue weighted by molar-refractivity contribution is 6.33. The average molecular weight is 281 g/mol. The molecule has 6 heteroatoms. The van der Waals surface area contributed by atoms with Crippen LogP contribution in [-0.4, -0.2) is 33.0 Å². The first-order valence-corrected chi connectivity index (χ1v) is 6.39. The van der Waals surface area contributed by atoms with Crippen LogP contribution < -0.4 is 5.32 Å². The van der Waals surface area contributed by atoms with Gasteiger partial charge in [-0.2, -0.15) is 5.10 Å². The summed E-state index contributed by atoms with van der Waals surface area (Å²) >= 11 is 6.23. The average Bonchev–Trinajstić information content (AvgIpc) is 2.90. The third-order valence-electron chi connectivity index (χ3n) is 2.82. The molecule has 0 radical (unpaired) electrons. The number of rotatable bonds is 5. The van der Waals surface area contributed by atoms with E-state index in [-0.39, 0.29) is 12.0 Å². The minimum absolute atomic E-state index is 0.110. The van der Waals surface area contributed by atoms with Crippen molar-refractivity contribution >= 4 is 17.3 Å². The van der Waals surface area contributed by atoms with Crippen LogP contribution in [0.25, 0.3) is 5.69 Å². The molecule has 0 aliphatic carbocycles. The Morgan fingerprint density at radius 3 is 2.84 bits per heavy atom. The maximum Gasteiger partial charge on any atom is 0.138 e. The molecule has 1 heterocycles. The van der Waals surface area contributed by atoms with E-state index >= 15 is 0 Å². The van der Waals surface area contributed by atoms with Crippen molar-refractivity contribution in [2.45, 2.75) is 13.8 Å². The molecule has 2 N–H and O–H groups in total. The topological polar surface area (TPSA) is 63.0 Å². The molecule has 2 aromatic rings. The van der Waals surface area contributed by atoms with Gasteiger partial charge in [-0.1, -0.05) is 31.5 Å². The second-order valence-electron chi connectivity index (χ2n) is 5.15. The van der Waals surface area contributed by atoms with E-state index in [0.717, 1.165) is 11.4 Å². The fourth-order valence-corrected chi connectivity index (χ4v) is 1.87. The summed E-state index contributed by atoms with van der Waals surface area (Å²) in [5, 5.41) is 17.3. The summed E-state index contributed by atoms with van der Waals surface area (Å²) < 4.78 is 1.62. The van der Waals surface area contributed by atoms with E-state index in [2.05, 4.69) is 15.4 Å². The Bertz CT molecular complexity index is 540. The maximum absolute atomic E-state index is 9.29. The van der Waals surface area contributed by atoms with Gasteiger partial charge in [-0.3, -0.25) is 0 Å². The number of aromatic nitrogens is 3. The van der Waals surface area contributed by atoms with Crippen LogP contribution in [-0.2, 0) is 0 Å². The molecule has 19 heavy (non-hydrogen) atoms. The minimum atomic E-state index is -0.206. The summed E-state index contributed by atoms with van der Waals surface area (Å²) in [4.78, 5) is 3.93. The van der Waals surface area contributed by atoms with Gasteiger partial charge in [-0.05, 0) is 12.1 Å². The molecular formula is C13H17ClN4O. The second kappa shape index (κ2) is 5.59. The predicted octanol–water partition coefficient (Wildman–Crippen LogP) is 2.35. The van der Waals surface area contributed by atoms with E-state index in [1.54, 1.807) is 17.1 Å². The van der Waals surface area contributed by atoms with Crippen LogP contribution in [0, 0.1) is 5.41 Å². The lowest BCUT2D eigenvalue weighted by molar-refractivity contribution is 0.171. The van der Waals surface area contributed by atoms with E-state index in [1.165, 1.54) is 6.33 Å².